The smallest absolute Gasteiger partial charge is 0.545 e. The molecule has 6 aromatic rings. The molecule has 0 aliphatic heterocycles. The number of benzene rings is 4. The molecule has 2 heterocycles. The summed E-state index contributed by atoms with van der Waals surface area (Å²) in [6.07, 6.45) is 3.85. The van der Waals surface area contributed by atoms with E-state index in [-0.39, 0.29) is 114 Å². The first-order chi connectivity index (χ1) is 32.4. The van der Waals surface area contributed by atoms with Gasteiger partial charge in [0.1, 0.15) is 34.9 Å². The summed E-state index contributed by atoms with van der Waals surface area (Å²) in [5, 5.41) is 24.5. The van der Waals surface area contributed by atoms with Crippen molar-refractivity contribution >= 4 is 58.3 Å². The van der Waals surface area contributed by atoms with E-state index in [1.807, 2.05) is 13.8 Å². The topological polar surface area (TPSA) is 159 Å². The average molecular weight is 1020 g/mol. The number of halogens is 6. The molecule has 20 heteroatoms. The van der Waals surface area contributed by atoms with Crippen LogP contribution in [0.5, 0.6) is 0 Å². The van der Waals surface area contributed by atoms with Gasteiger partial charge < -0.3 is 29.3 Å². The van der Waals surface area contributed by atoms with Gasteiger partial charge in [0.25, 0.3) is 0 Å². The second-order valence-electron chi connectivity index (χ2n) is 14.8. The summed E-state index contributed by atoms with van der Waals surface area (Å²) in [7, 11) is 0. The molecule has 4 aromatic carbocycles. The zero-order valence-electron chi connectivity index (χ0n) is 39.0. The fourth-order valence-corrected chi connectivity index (χ4v) is 8.03. The fourth-order valence-electron chi connectivity index (χ4n) is 6.47. The van der Waals surface area contributed by atoms with Crippen molar-refractivity contribution in [3.05, 3.63) is 161 Å². The van der Waals surface area contributed by atoms with Crippen LogP contribution in [0.15, 0.2) is 82.6 Å². The minimum absolute atomic E-state index is 0. The van der Waals surface area contributed by atoms with Gasteiger partial charge >= 0.3 is 59.1 Å². The third kappa shape index (κ3) is 15.7. The zero-order chi connectivity index (χ0) is 49.7. The monoisotopic (exact) mass is 1020 g/mol. The first-order valence-electron chi connectivity index (χ1n) is 20.9. The second-order valence-corrected chi connectivity index (χ2v) is 16.5. The van der Waals surface area contributed by atoms with E-state index >= 15 is 8.78 Å². The van der Waals surface area contributed by atoms with E-state index in [1.165, 1.54) is 10.8 Å². The normalized spacial score (nSPS) is 11.3. The summed E-state index contributed by atoms with van der Waals surface area (Å²) in [4.78, 5) is 55.5. The van der Waals surface area contributed by atoms with Crippen molar-refractivity contribution in [2.75, 3.05) is 26.4 Å². The van der Waals surface area contributed by atoms with Crippen LogP contribution >= 0.6 is 22.7 Å². The van der Waals surface area contributed by atoms with Gasteiger partial charge in [-0.25, -0.2) is 36.3 Å². The Morgan fingerprint density at radius 1 is 0.586 bits per heavy atom. The number of aryl methyl sites for hydroxylation is 2. The molecule has 10 nitrogen and oxygen atoms in total. The zero-order valence-corrected chi connectivity index (χ0v) is 44.6. The number of nitrogens with zero attached hydrogens (tertiary/aromatic N) is 2. The molecule has 0 atom stereocenters. The summed E-state index contributed by atoms with van der Waals surface area (Å²) in [6.45, 7) is 8.25. The number of thiazole rings is 2. The number of ketones is 2. The molecule has 356 valence electrons. The fraction of sp³-hybridized carbons (Fsp3) is 0.240. The van der Waals surface area contributed by atoms with Gasteiger partial charge in [0, 0.05) is 70.6 Å². The molecule has 6 rings (SSSR count). The Balaban J connectivity index is 0.000000360. The largest absolute Gasteiger partial charge is 1.00 e. The van der Waals surface area contributed by atoms with Gasteiger partial charge in [-0.2, -0.15) is 0 Å². The number of aliphatic carboxylic acids is 2. The first kappa shape index (κ1) is 59.7. The maximum atomic E-state index is 15.0. The molecule has 0 radical (unpaired) electrons. The third-order valence-corrected chi connectivity index (χ3v) is 11.7. The molecule has 0 aliphatic rings. The molecule has 0 spiro atoms. The van der Waals surface area contributed by atoms with Crippen LogP contribution in [0.4, 0.5) is 26.3 Å². The third-order valence-electron chi connectivity index (χ3n) is 10.0. The van der Waals surface area contributed by atoms with Gasteiger partial charge in [-0.15, -0.1) is 22.7 Å². The molecular weight excluding hydrogens is 981 g/mol. The van der Waals surface area contributed by atoms with Crippen LogP contribution < -0.4 is 69.3 Å². The minimum atomic E-state index is -1.57. The molecule has 0 unspecified atom stereocenters. The van der Waals surface area contributed by atoms with Crippen LogP contribution in [0.1, 0.15) is 93.5 Å². The maximum absolute atomic E-state index is 15.0. The summed E-state index contributed by atoms with van der Waals surface area (Å²) in [6, 6.07) is 13.1. The van der Waals surface area contributed by atoms with E-state index in [9.17, 15) is 47.0 Å². The van der Waals surface area contributed by atoms with E-state index in [1.54, 1.807) is 36.4 Å². The summed E-state index contributed by atoms with van der Waals surface area (Å²) in [5.41, 5.74) is -0.622. The van der Waals surface area contributed by atoms with Crippen LogP contribution in [-0.4, -0.2) is 59.9 Å². The van der Waals surface area contributed by atoms with Crippen LogP contribution in [0.3, 0.4) is 0 Å². The molecule has 0 N–H and O–H groups in total. The Hall–Kier alpha value is -4.60. The summed E-state index contributed by atoms with van der Waals surface area (Å²) in [5.74, 6) is -9.93. The predicted molar refractivity (Wildman–Crippen MR) is 242 cm³/mol. The summed E-state index contributed by atoms with van der Waals surface area (Å²) < 4.78 is 98.2. The molecule has 2 aromatic heterocycles. The van der Waals surface area contributed by atoms with E-state index in [0.29, 0.717) is 63.2 Å². The van der Waals surface area contributed by atoms with Crippen LogP contribution in [0, 0.1) is 34.9 Å². The van der Waals surface area contributed by atoms with Crippen molar-refractivity contribution < 1.29 is 124 Å². The van der Waals surface area contributed by atoms with E-state index < -0.39 is 69.5 Å². The molecule has 0 aliphatic carbocycles. The van der Waals surface area contributed by atoms with Crippen molar-refractivity contribution in [3.8, 4) is 22.5 Å². The van der Waals surface area contributed by atoms with E-state index in [2.05, 4.69) is 9.97 Å². The number of carbonyl (C=O) groups excluding carboxylic acids is 4. The number of ether oxygens (including phenoxy) is 2. The number of carboxylic acids is 2. The number of hydrogen-bond donors (Lipinski definition) is 0. The number of aromatic nitrogens is 2. The Kier molecular flexibility index (Phi) is 24.3. The van der Waals surface area contributed by atoms with Gasteiger partial charge in [-0.05, 0) is 124 Å². The SMILES string of the molecule is CCOCCCc1cccc(-c2csc(C(=O)c3cc(F)c(C=C(C)C(=O)[O-])c(F)c3)n2)c1F.CCOCCCc1cccc(-c2csc(C(=O)c3cc(F)c(C=C(C)C(=O)[O-])c(F)c3)n2)c1F.[Na+].[Na+]. The van der Waals surface area contributed by atoms with Crippen molar-refractivity contribution in [2.24, 2.45) is 0 Å². The van der Waals surface area contributed by atoms with Gasteiger partial charge in [0.2, 0.25) is 11.6 Å². The Morgan fingerprint density at radius 2 is 0.929 bits per heavy atom. The standard InChI is InChI=1S/2C25H22F3NO4S.2Na/c2*1-3-33-9-5-7-15-6-4-8-17(22(15)28)21-13-34-24(29-21)23(30)16-11-19(26)18(20(27)12-16)10-14(2)25(31)32;;/h2*4,6,8,10-13H,3,5,7,9H2,1-2H3,(H,31,32);;/q;;2*+1/p-2. The van der Waals surface area contributed by atoms with Crippen LogP contribution in [-0.2, 0) is 31.9 Å². The van der Waals surface area contributed by atoms with Gasteiger partial charge in [0.15, 0.2) is 10.0 Å². The number of carbonyl (C=O) groups is 4. The van der Waals surface area contributed by atoms with Crippen molar-refractivity contribution in [2.45, 2.75) is 53.4 Å². The van der Waals surface area contributed by atoms with E-state index in [0.717, 1.165) is 72.9 Å². The number of rotatable bonds is 20. The molecular formula is C50H42F6N2Na2O8S2. The van der Waals surface area contributed by atoms with Crippen molar-refractivity contribution in [1.82, 2.24) is 9.97 Å². The average Bonchev–Trinajstić information content (AvgIpc) is 4.01. The molecule has 0 saturated heterocycles. The second kappa shape index (κ2) is 28.4. The Labute approximate surface area is 452 Å². The Morgan fingerprint density at radius 3 is 1.24 bits per heavy atom. The number of carboxylic acid groups (broad SMARTS) is 2. The molecule has 70 heavy (non-hydrogen) atoms. The quantitative estimate of drug-likeness (QED) is 0.0366. The summed E-state index contributed by atoms with van der Waals surface area (Å²) >= 11 is 1.85. The van der Waals surface area contributed by atoms with Crippen LogP contribution in [0.25, 0.3) is 34.7 Å². The van der Waals surface area contributed by atoms with Crippen molar-refractivity contribution in [3.63, 3.8) is 0 Å². The maximum Gasteiger partial charge on any atom is 1.00 e. The van der Waals surface area contributed by atoms with Crippen molar-refractivity contribution in [1.29, 1.82) is 0 Å². The van der Waals surface area contributed by atoms with Gasteiger partial charge in [0.05, 0.1) is 23.3 Å². The Bertz CT molecular complexity index is 2670. The van der Waals surface area contributed by atoms with E-state index in [4.69, 9.17) is 9.47 Å². The van der Waals surface area contributed by atoms with Gasteiger partial charge in [-0.3, -0.25) is 9.59 Å². The molecule has 0 saturated carbocycles. The molecule has 0 amide bonds. The van der Waals surface area contributed by atoms with Gasteiger partial charge in [-0.1, -0.05) is 24.3 Å². The minimum Gasteiger partial charge on any atom is -0.545 e. The van der Waals surface area contributed by atoms with Crippen LogP contribution in [0.2, 0.25) is 0 Å². The number of hydrogen-bond acceptors (Lipinski definition) is 12. The predicted octanol–water partition coefficient (Wildman–Crippen LogP) is 3.17. The first-order valence-corrected chi connectivity index (χ1v) is 22.7. The molecule has 0 bridgehead atoms. The molecule has 0 fully saturated rings.